The molecule has 1 aromatic rings. The van der Waals surface area contributed by atoms with Crippen molar-refractivity contribution in [3.05, 3.63) is 35.6 Å². The second kappa shape index (κ2) is 5.46. The molecule has 0 aliphatic heterocycles. The van der Waals surface area contributed by atoms with E-state index in [4.69, 9.17) is 0 Å². The number of nitrogens with one attached hydrogen (secondary N) is 1. The van der Waals surface area contributed by atoms with Gasteiger partial charge in [-0.2, -0.15) is 0 Å². The maximum Gasteiger partial charge on any atom is 0.265 e. The fourth-order valence-corrected chi connectivity index (χ4v) is 1.22. The smallest absolute Gasteiger partial charge is 0.265 e. The van der Waals surface area contributed by atoms with E-state index in [-0.39, 0.29) is 5.91 Å². The highest BCUT2D eigenvalue weighted by atomic mass is 19.1. The van der Waals surface area contributed by atoms with Crippen molar-refractivity contribution >= 4 is 5.91 Å². The molecule has 1 rings (SSSR count). The van der Waals surface area contributed by atoms with Crippen molar-refractivity contribution in [3.8, 4) is 0 Å². The van der Waals surface area contributed by atoms with Crippen molar-refractivity contribution < 1.29 is 9.18 Å². The Morgan fingerprint density at radius 1 is 1.40 bits per heavy atom. The lowest BCUT2D eigenvalue weighted by molar-refractivity contribution is 0.0805. The molecule has 4 heteroatoms. The summed E-state index contributed by atoms with van der Waals surface area (Å²) in [7, 11) is 0. The van der Waals surface area contributed by atoms with Crippen molar-refractivity contribution in [2.45, 2.75) is 13.8 Å². The van der Waals surface area contributed by atoms with Crippen molar-refractivity contribution in [1.82, 2.24) is 10.4 Å². The molecular weight excluding hydrogens is 195 g/mol. The van der Waals surface area contributed by atoms with E-state index in [1.807, 2.05) is 13.8 Å². The molecule has 0 saturated heterocycles. The van der Waals surface area contributed by atoms with Gasteiger partial charge in [0.05, 0.1) is 0 Å². The summed E-state index contributed by atoms with van der Waals surface area (Å²) in [6.45, 7) is 5.32. The van der Waals surface area contributed by atoms with E-state index >= 15 is 0 Å². The Bertz CT molecular complexity index is 337. The molecule has 0 spiro atoms. The number of hydrogen-bond acceptors (Lipinski definition) is 2. The van der Waals surface area contributed by atoms with E-state index in [2.05, 4.69) is 5.43 Å². The molecule has 1 aromatic carbocycles. The topological polar surface area (TPSA) is 32.3 Å². The molecule has 0 aliphatic carbocycles. The number of carbonyl (C=O) groups excluding carboxylic acids is 1. The molecule has 82 valence electrons. The summed E-state index contributed by atoms with van der Waals surface area (Å²) in [4.78, 5) is 11.6. The Balaban J connectivity index is 2.68. The highest BCUT2D eigenvalue weighted by Gasteiger charge is 2.08. The van der Waals surface area contributed by atoms with Crippen LogP contribution in [0.5, 0.6) is 0 Å². The third-order valence-electron chi connectivity index (χ3n) is 2.11. The fourth-order valence-electron chi connectivity index (χ4n) is 1.22. The van der Waals surface area contributed by atoms with Crippen molar-refractivity contribution in [1.29, 1.82) is 0 Å². The zero-order valence-electron chi connectivity index (χ0n) is 8.96. The van der Waals surface area contributed by atoms with Gasteiger partial charge in [0, 0.05) is 18.7 Å². The van der Waals surface area contributed by atoms with Gasteiger partial charge >= 0.3 is 0 Å². The highest BCUT2D eigenvalue weighted by Crippen LogP contribution is 2.03. The van der Waals surface area contributed by atoms with E-state index in [9.17, 15) is 9.18 Å². The lowest BCUT2D eigenvalue weighted by atomic mass is 10.2. The summed E-state index contributed by atoms with van der Waals surface area (Å²) >= 11 is 0. The zero-order valence-corrected chi connectivity index (χ0v) is 8.96. The molecule has 0 unspecified atom stereocenters. The number of carbonyl (C=O) groups is 1. The number of amides is 1. The van der Waals surface area contributed by atoms with Crippen LogP contribution in [0, 0.1) is 5.82 Å². The first-order valence-corrected chi connectivity index (χ1v) is 4.98. The van der Waals surface area contributed by atoms with Crippen molar-refractivity contribution in [2.24, 2.45) is 0 Å². The van der Waals surface area contributed by atoms with Gasteiger partial charge in [-0.25, -0.2) is 9.40 Å². The molecule has 0 atom stereocenters. The molecular formula is C11H15FN2O. The third-order valence-corrected chi connectivity index (χ3v) is 2.11. The van der Waals surface area contributed by atoms with Gasteiger partial charge in [0.25, 0.3) is 5.91 Å². The van der Waals surface area contributed by atoms with Crippen LogP contribution >= 0.6 is 0 Å². The van der Waals surface area contributed by atoms with Crippen LogP contribution in [0.1, 0.15) is 24.2 Å². The van der Waals surface area contributed by atoms with Crippen LogP contribution in [0.15, 0.2) is 24.3 Å². The van der Waals surface area contributed by atoms with Gasteiger partial charge in [-0.1, -0.05) is 19.9 Å². The molecule has 0 fully saturated rings. The van der Waals surface area contributed by atoms with Crippen LogP contribution in [0.3, 0.4) is 0 Å². The minimum absolute atomic E-state index is 0.279. The number of hydrazine groups is 1. The Morgan fingerprint density at radius 2 is 2.07 bits per heavy atom. The predicted octanol–water partition coefficient (Wildman–Crippen LogP) is 1.81. The number of rotatable bonds is 4. The molecule has 0 heterocycles. The molecule has 3 nitrogen and oxygen atoms in total. The van der Waals surface area contributed by atoms with Crippen molar-refractivity contribution in [2.75, 3.05) is 13.1 Å². The standard InChI is InChI=1S/C11H15FN2O/c1-3-14(4-2)13-11(15)9-6-5-7-10(12)8-9/h5-8H,3-4H2,1-2H3,(H,13,15). The molecule has 1 N–H and O–H groups in total. The van der Waals surface area contributed by atoms with Crippen molar-refractivity contribution in [3.63, 3.8) is 0 Å². The minimum atomic E-state index is -0.401. The average molecular weight is 210 g/mol. The number of hydrogen-bond donors (Lipinski definition) is 1. The summed E-state index contributed by atoms with van der Waals surface area (Å²) < 4.78 is 12.8. The largest absolute Gasteiger partial charge is 0.285 e. The molecule has 0 aromatic heterocycles. The lowest BCUT2D eigenvalue weighted by Crippen LogP contribution is -2.41. The van der Waals surface area contributed by atoms with E-state index in [1.165, 1.54) is 18.2 Å². The molecule has 0 aliphatic rings. The summed E-state index contributed by atoms with van der Waals surface area (Å²) in [5.74, 6) is -0.680. The van der Waals surface area contributed by atoms with Crippen LogP contribution in [-0.2, 0) is 0 Å². The SMILES string of the molecule is CCN(CC)NC(=O)c1cccc(F)c1. The van der Waals surface area contributed by atoms with Crippen LogP contribution in [0.25, 0.3) is 0 Å². The Morgan fingerprint density at radius 3 is 2.60 bits per heavy atom. The van der Waals surface area contributed by atoms with Crippen LogP contribution < -0.4 is 5.43 Å². The van der Waals surface area contributed by atoms with E-state index < -0.39 is 5.82 Å². The van der Waals surface area contributed by atoms with E-state index in [0.29, 0.717) is 5.56 Å². The third kappa shape index (κ3) is 3.32. The maximum absolute atomic E-state index is 12.8. The molecule has 0 saturated carbocycles. The Hall–Kier alpha value is -1.42. The molecule has 0 bridgehead atoms. The Labute approximate surface area is 88.9 Å². The predicted molar refractivity (Wildman–Crippen MR) is 56.8 cm³/mol. The molecule has 15 heavy (non-hydrogen) atoms. The van der Waals surface area contributed by atoms with Gasteiger partial charge < -0.3 is 0 Å². The number of nitrogens with zero attached hydrogens (tertiary/aromatic N) is 1. The average Bonchev–Trinajstić information content (AvgIpc) is 2.25. The summed E-state index contributed by atoms with van der Waals surface area (Å²) in [6.07, 6.45) is 0. The number of benzene rings is 1. The van der Waals surface area contributed by atoms with E-state index in [1.54, 1.807) is 11.1 Å². The lowest BCUT2D eigenvalue weighted by Gasteiger charge is -2.19. The van der Waals surface area contributed by atoms with E-state index in [0.717, 1.165) is 13.1 Å². The fraction of sp³-hybridized carbons (Fsp3) is 0.364. The molecule has 0 radical (unpaired) electrons. The summed E-state index contributed by atoms with van der Waals surface area (Å²) in [6, 6.07) is 5.64. The van der Waals surface area contributed by atoms with Gasteiger partial charge in [-0.15, -0.1) is 0 Å². The maximum atomic E-state index is 12.8. The minimum Gasteiger partial charge on any atom is -0.285 e. The second-order valence-electron chi connectivity index (χ2n) is 3.12. The van der Waals surface area contributed by atoms with Gasteiger partial charge in [0.15, 0.2) is 0 Å². The first-order chi connectivity index (χ1) is 7.17. The highest BCUT2D eigenvalue weighted by molar-refractivity contribution is 5.93. The van der Waals surface area contributed by atoms with Crippen LogP contribution in [-0.4, -0.2) is 24.0 Å². The van der Waals surface area contributed by atoms with Crippen LogP contribution in [0.2, 0.25) is 0 Å². The van der Waals surface area contributed by atoms with Gasteiger partial charge in [-0.05, 0) is 18.2 Å². The van der Waals surface area contributed by atoms with Gasteiger partial charge in [0.2, 0.25) is 0 Å². The quantitative estimate of drug-likeness (QED) is 0.769. The van der Waals surface area contributed by atoms with Gasteiger partial charge in [0.1, 0.15) is 5.82 Å². The molecule has 1 amide bonds. The summed E-state index contributed by atoms with van der Waals surface area (Å²) in [5.41, 5.74) is 3.02. The number of halogens is 1. The second-order valence-corrected chi connectivity index (χ2v) is 3.12. The van der Waals surface area contributed by atoms with Gasteiger partial charge in [-0.3, -0.25) is 10.2 Å². The summed E-state index contributed by atoms with van der Waals surface area (Å²) in [5, 5.41) is 1.76. The Kier molecular flexibility index (Phi) is 4.24. The zero-order chi connectivity index (χ0) is 11.3. The first-order valence-electron chi connectivity index (χ1n) is 4.98. The normalized spacial score (nSPS) is 10.4. The van der Waals surface area contributed by atoms with Crippen LogP contribution in [0.4, 0.5) is 4.39 Å². The first kappa shape index (κ1) is 11.7. The monoisotopic (exact) mass is 210 g/mol.